The lowest BCUT2D eigenvalue weighted by Gasteiger charge is -2.01. The Balaban J connectivity index is 1.91. The summed E-state index contributed by atoms with van der Waals surface area (Å²) in [6.45, 7) is 0. The van der Waals surface area contributed by atoms with E-state index in [0.29, 0.717) is 17.0 Å². The zero-order valence-corrected chi connectivity index (χ0v) is 10.9. The molecule has 0 bridgehead atoms. The number of nitro benzene ring substituents is 1. The highest BCUT2D eigenvalue weighted by atomic mass is 32.1. The van der Waals surface area contributed by atoms with Gasteiger partial charge in [0.15, 0.2) is 5.82 Å². The van der Waals surface area contributed by atoms with Crippen LogP contribution in [0.25, 0.3) is 0 Å². The predicted octanol–water partition coefficient (Wildman–Crippen LogP) is 1.74. The molecule has 0 aliphatic heterocycles. The Morgan fingerprint density at radius 1 is 1.37 bits per heavy atom. The molecule has 0 amide bonds. The van der Waals surface area contributed by atoms with Crippen molar-refractivity contribution in [3.63, 3.8) is 0 Å². The van der Waals surface area contributed by atoms with Crippen molar-refractivity contribution in [3.8, 4) is 0 Å². The summed E-state index contributed by atoms with van der Waals surface area (Å²) in [4.78, 5) is 10.1. The smallest absolute Gasteiger partial charge is 0.269 e. The van der Waals surface area contributed by atoms with Gasteiger partial charge in [0.2, 0.25) is 4.77 Å². The molecular weight excluding hydrogens is 266 g/mol. The number of nitro groups is 1. The Hall–Kier alpha value is -2.22. The minimum absolute atomic E-state index is 0.103. The largest absolute Gasteiger partial charge is 0.335 e. The van der Waals surface area contributed by atoms with Crippen LogP contribution in [0.2, 0.25) is 0 Å². The third kappa shape index (κ3) is 3.16. The minimum atomic E-state index is -0.407. The fraction of sp³-hybridized carbons (Fsp3) is 0.273. The fourth-order valence-electron chi connectivity index (χ4n) is 1.75. The van der Waals surface area contributed by atoms with Crippen LogP contribution >= 0.6 is 12.2 Å². The quantitative estimate of drug-likeness (QED) is 0.375. The predicted molar refractivity (Wildman–Crippen MR) is 72.7 cm³/mol. The van der Waals surface area contributed by atoms with E-state index in [1.807, 2.05) is 0 Å². The van der Waals surface area contributed by atoms with E-state index in [0.717, 1.165) is 18.4 Å². The van der Waals surface area contributed by atoms with E-state index in [9.17, 15) is 10.1 Å². The van der Waals surface area contributed by atoms with Crippen LogP contribution in [0.5, 0.6) is 0 Å². The van der Waals surface area contributed by atoms with Crippen molar-refractivity contribution < 1.29 is 4.92 Å². The van der Waals surface area contributed by atoms with Crippen molar-refractivity contribution in [2.24, 2.45) is 0 Å². The second-order valence-electron chi connectivity index (χ2n) is 4.09. The molecule has 2 aromatic rings. The van der Waals surface area contributed by atoms with E-state index in [2.05, 4.69) is 10.2 Å². The number of nitrogens with two attached hydrogens (primary N) is 1. The number of aryl methyl sites for hydroxylation is 2. The molecule has 1 aromatic heterocycles. The van der Waals surface area contributed by atoms with E-state index >= 15 is 0 Å². The summed E-state index contributed by atoms with van der Waals surface area (Å²) in [6.07, 6.45) is 2.34. The Labute approximate surface area is 114 Å². The van der Waals surface area contributed by atoms with Crippen LogP contribution in [0, 0.1) is 14.9 Å². The molecule has 3 N–H and O–H groups in total. The average molecular weight is 279 g/mol. The molecule has 100 valence electrons. The van der Waals surface area contributed by atoms with Crippen LogP contribution in [-0.2, 0) is 12.8 Å². The number of non-ortho nitro benzene ring substituents is 1. The molecule has 0 unspecified atom stereocenters. The molecule has 19 heavy (non-hydrogen) atoms. The van der Waals surface area contributed by atoms with Crippen LogP contribution in [0.3, 0.4) is 0 Å². The molecule has 0 radical (unpaired) electrons. The maximum absolute atomic E-state index is 10.5. The molecule has 0 aliphatic rings. The van der Waals surface area contributed by atoms with E-state index < -0.39 is 4.92 Å². The summed E-state index contributed by atoms with van der Waals surface area (Å²) in [6, 6.07) is 6.54. The van der Waals surface area contributed by atoms with Gasteiger partial charge in [0.1, 0.15) is 0 Å². The first-order chi connectivity index (χ1) is 9.08. The summed E-state index contributed by atoms with van der Waals surface area (Å²) < 4.78 is 1.75. The van der Waals surface area contributed by atoms with Gasteiger partial charge in [0.05, 0.1) is 4.92 Å². The summed E-state index contributed by atoms with van der Waals surface area (Å²) in [5, 5.41) is 17.2. The standard InChI is InChI=1S/C11H13N5O2S/c12-15-10(13-14-11(15)19)3-1-2-8-4-6-9(7-5-8)16(17)18/h4-7H,1-3,12H2,(H,14,19). The summed E-state index contributed by atoms with van der Waals surface area (Å²) >= 11 is 4.91. The normalized spacial score (nSPS) is 10.5. The van der Waals surface area contributed by atoms with Crippen LogP contribution in [0.15, 0.2) is 24.3 Å². The zero-order chi connectivity index (χ0) is 13.8. The first-order valence-corrected chi connectivity index (χ1v) is 6.13. The van der Waals surface area contributed by atoms with Gasteiger partial charge < -0.3 is 5.84 Å². The zero-order valence-electron chi connectivity index (χ0n) is 10.1. The van der Waals surface area contributed by atoms with Crippen molar-refractivity contribution in [3.05, 3.63) is 50.5 Å². The highest BCUT2D eigenvalue weighted by Crippen LogP contribution is 2.13. The van der Waals surface area contributed by atoms with Gasteiger partial charge in [-0.15, -0.1) is 0 Å². The fourth-order valence-corrected chi connectivity index (χ4v) is 1.90. The number of aromatic nitrogens is 3. The number of benzene rings is 1. The number of rotatable bonds is 5. The molecule has 8 heteroatoms. The van der Waals surface area contributed by atoms with Gasteiger partial charge in [0, 0.05) is 18.6 Å². The van der Waals surface area contributed by atoms with Gasteiger partial charge in [-0.3, -0.25) is 15.2 Å². The number of nitrogens with one attached hydrogen (secondary N) is 1. The molecule has 0 fully saturated rings. The van der Waals surface area contributed by atoms with Crippen LogP contribution in [-0.4, -0.2) is 19.8 Å². The number of hydrogen-bond donors (Lipinski definition) is 2. The van der Waals surface area contributed by atoms with Gasteiger partial charge in [-0.05, 0) is 30.6 Å². The van der Waals surface area contributed by atoms with Crippen LogP contribution in [0.4, 0.5) is 5.69 Å². The van der Waals surface area contributed by atoms with Gasteiger partial charge in [0.25, 0.3) is 5.69 Å². The Morgan fingerprint density at radius 2 is 2.05 bits per heavy atom. The van der Waals surface area contributed by atoms with E-state index in [1.165, 1.54) is 16.8 Å². The molecule has 0 atom stereocenters. The molecule has 7 nitrogen and oxygen atoms in total. The van der Waals surface area contributed by atoms with Crippen molar-refractivity contribution >= 4 is 17.9 Å². The highest BCUT2D eigenvalue weighted by Gasteiger charge is 2.05. The first-order valence-electron chi connectivity index (χ1n) is 5.72. The summed E-state index contributed by atoms with van der Waals surface area (Å²) in [5.41, 5.74) is 1.15. The SMILES string of the molecule is Nn1c(CCCc2ccc([N+](=O)[O-])cc2)n[nH]c1=S. The minimum Gasteiger partial charge on any atom is -0.335 e. The third-order valence-electron chi connectivity index (χ3n) is 2.79. The second-order valence-corrected chi connectivity index (χ2v) is 4.48. The number of nitrogens with zero attached hydrogens (tertiary/aromatic N) is 3. The van der Waals surface area contributed by atoms with E-state index in [1.54, 1.807) is 12.1 Å². The summed E-state index contributed by atoms with van der Waals surface area (Å²) in [7, 11) is 0. The number of nitrogen functional groups attached to an aromatic ring is 1. The Bertz CT molecular complexity index is 631. The Kier molecular flexibility index (Phi) is 3.91. The van der Waals surface area contributed by atoms with Gasteiger partial charge in [-0.25, -0.2) is 4.68 Å². The van der Waals surface area contributed by atoms with Gasteiger partial charge >= 0.3 is 0 Å². The Morgan fingerprint density at radius 3 is 2.58 bits per heavy atom. The molecular formula is C11H13N5O2S. The van der Waals surface area contributed by atoms with Gasteiger partial charge in [-0.2, -0.15) is 5.10 Å². The molecule has 0 saturated heterocycles. The van der Waals surface area contributed by atoms with Crippen molar-refractivity contribution in [1.82, 2.24) is 14.9 Å². The van der Waals surface area contributed by atoms with E-state index in [4.69, 9.17) is 18.1 Å². The summed E-state index contributed by atoms with van der Waals surface area (Å²) in [5.74, 6) is 6.38. The van der Waals surface area contributed by atoms with Crippen molar-refractivity contribution in [1.29, 1.82) is 0 Å². The van der Waals surface area contributed by atoms with Crippen molar-refractivity contribution in [2.45, 2.75) is 19.3 Å². The van der Waals surface area contributed by atoms with E-state index in [-0.39, 0.29) is 5.69 Å². The molecule has 0 saturated carbocycles. The third-order valence-corrected chi connectivity index (χ3v) is 3.08. The maximum atomic E-state index is 10.5. The number of aromatic amines is 1. The molecule has 1 aromatic carbocycles. The second kappa shape index (κ2) is 5.61. The maximum Gasteiger partial charge on any atom is 0.269 e. The topological polar surface area (TPSA) is 103 Å². The number of H-pyrrole nitrogens is 1. The first kappa shape index (κ1) is 13.2. The van der Waals surface area contributed by atoms with Crippen LogP contribution in [0.1, 0.15) is 17.8 Å². The molecule has 2 rings (SSSR count). The highest BCUT2D eigenvalue weighted by molar-refractivity contribution is 7.71. The molecule has 0 aliphatic carbocycles. The average Bonchev–Trinajstić information content (AvgIpc) is 2.71. The van der Waals surface area contributed by atoms with Crippen molar-refractivity contribution in [2.75, 3.05) is 5.84 Å². The number of hydrogen-bond acceptors (Lipinski definition) is 5. The lowest BCUT2D eigenvalue weighted by Crippen LogP contribution is -2.13. The monoisotopic (exact) mass is 279 g/mol. The lowest BCUT2D eigenvalue weighted by atomic mass is 10.1. The molecule has 1 heterocycles. The molecule has 0 spiro atoms. The van der Waals surface area contributed by atoms with Crippen LogP contribution < -0.4 is 5.84 Å². The lowest BCUT2D eigenvalue weighted by molar-refractivity contribution is -0.384. The van der Waals surface area contributed by atoms with Gasteiger partial charge in [-0.1, -0.05) is 12.1 Å².